The Bertz CT molecular complexity index is 101. The molecule has 0 amide bonds. The molecular weight excluding hydrogens is 227 g/mol. The standard InChI is InChI=1S/C6H12O4.Zr/c1-3-9-6(5(7)8)10-4-2;/h6H,3-4H2,1-2H3,(H,7,8);. The molecule has 0 radical (unpaired) electrons. The Morgan fingerprint density at radius 3 is 1.91 bits per heavy atom. The number of carbonyl (C=O) groups is 1. The van der Waals surface area contributed by atoms with Crippen LogP contribution in [0.3, 0.4) is 0 Å². The molecule has 0 aromatic rings. The number of carboxylic acids is 1. The summed E-state index contributed by atoms with van der Waals surface area (Å²) in [6, 6.07) is 0. The van der Waals surface area contributed by atoms with Crippen molar-refractivity contribution in [2.24, 2.45) is 0 Å². The van der Waals surface area contributed by atoms with Crippen molar-refractivity contribution in [1.82, 2.24) is 0 Å². The van der Waals surface area contributed by atoms with Gasteiger partial charge in [-0.15, -0.1) is 0 Å². The van der Waals surface area contributed by atoms with Crippen molar-refractivity contribution in [3.63, 3.8) is 0 Å². The first-order valence-corrected chi connectivity index (χ1v) is 3.18. The Balaban J connectivity index is 0. The van der Waals surface area contributed by atoms with Crippen molar-refractivity contribution in [1.29, 1.82) is 0 Å². The third kappa shape index (κ3) is 6.66. The van der Waals surface area contributed by atoms with E-state index in [0.29, 0.717) is 13.2 Å². The van der Waals surface area contributed by atoms with Crippen LogP contribution in [0.25, 0.3) is 0 Å². The molecule has 0 spiro atoms. The normalized spacial score (nSPS) is 9.36. The fourth-order valence-corrected chi connectivity index (χ4v) is 0.493. The molecule has 4 nitrogen and oxygen atoms in total. The Hall–Kier alpha value is 0.273. The van der Waals surface area contributed by atoms with E-state index in [-0.39, 0.29) is 26.2 Å². The zero-order valence-corrected chi connectivity index (χ0v) is 9.12. The van der Waals surface area contributed by atoms with Gasteiger partial charge in [0, 0.05) is 39.4 Å². The van der Waals surface area contributed by atoms with Crippen LogP contribution in [0.1, 0.15) is 13.8 Å². The molecule has 0 saturated carbocycles. The molecule has 0 aliphatic carbocycles. The van der Waals surface area contributed by atoms with Crippen LogP contribution in [0.5, 0.6) is 0 Å². The summed E-state index contributed by atoms with van der Waals surface area (Å²) in [5.41, 5.74) is 0. The second-order valence-corrected chi connectivity index (χ2v) is 1.58. The number of carboxylic acid groups (broad SMARTS) is 1. The largest absolute Gasteiger partial charge is 0.477 e. The molecule has 0 aliphatic rings. The quantitative estimate of drug-likeness (QED) is 0.709. The van der Waals surface area contributed by atoms with Gasteiger partial charge in [-0.25, -0.2) is 4.79 Å². The van der Waals surface area contributed by atoms with Crippen LogP contribution in [0.15, 0.2) is 0 Å². The van der Waals surface area contributed by atoms with Crippen LogP contribution in [0.4, 0.5) is 0 Å². The fourth-order valence-electron chi connectivity index (χ4n) is 0.493. The van der Waals surface area contributed by atoms with E-state index in [4.69, 9.17) is 14.6 Å². The number of hydrogen-bond donors (Lipinski definition) is 1. The van der Waals surface area contributed by atoms with Crippen molar-refractivity contribution in [2.75, 3.05) is 13.2 Å². The summed E-state index contributed by atoms with van der Waals surface area (Å²) in [6.07, 6.45) is -1.10. The van der Waals surface area contributed by atoms with Gasteiger partial charge in [0.05, 0.1) is 0 Å². The van der Waals surface area contributed by atoms with Gasteiger partial charge in [-0.1, -0.05) is 0 Å². The first-order chi connectivity index (χ1) is 4.72. The third-order valence-electron chi connectivity index (χ3n) is 0.838. The van der Waals surface area contributed by atoms with E-state index >= 15 is 0 Å². The molecule has 11 heavy (non-hydrogen) atoms. The van der Waals surface area contributed by atoms with Crippen LogP contribution in [0.2, 0.25) is 0 Å². The van der Waals surface area contributed by atoms with Crippen LogP contribution < -0.4 is 0 Å². The summed E-state index contributed by atoms with van der Waals surface area (Å²) >= 11 is 0. The van der Waals surface area contributed by atoms with Gasteiger partial charge in [0.25, 0.3) is 6.29 Å². The minimum absolute atomic E-state index is 0. The van der Waals surface area contributed by atoms with Gasteiger partial charge in [-0.05, 0) is 13.8 Å². The molecule has 0 aliphatic heterocycles. The molecule has 64 valence electrons. The van der Waals surface area contributed by atoms with Crippen molar-refractivity contribution in [3.8, 4) is 0 Å². The number of ether oxygens (including phenoxy) is 2. The SMILES string of the molecule is CCOC(OCC)C(=O)O.[Zr]. The molecule has 0 unspecified atom stereocenters. The smallest absolute Gasteiger partial charge is 0.361 e. The summed E-state index contributed by atoms with van der Waals surface area (Å²) in [7, 11) is 0. The summed E-state index contributed by atoms with van der Waals surface area (Å²) in [5, 5.41) is 8.39. The molecule has 0 saturated heterocycles. The molecule has 1 N–H and O–H groups in total. The van der Waals surface area contributed by atoms with E-state index in [1.165, 1.54) is 0 Å². The average Bonchev–Trinajstić information content (AvgIpc) is 1.87. The molecule has 0 aromatic heterocycles. The molecule has 0 fully saturated rings. The van der Waals surface area contributed by atoms with E-state index in [2.05, 4.69) is 0 Å². The van der Waals surface area contributed by atoms with Crippen molar-refractivity contribution in [2.45, 2.75) is 20.1 Å². The minimum Gasteiger partial charge on any atom is -0.477 e. The van der Waals surface area contributed by atoms with Crippen molar-refractivity contribution < 1.29 is 45.6 Å². The van der Waals surface area contributed by atoms with E-state index in [1.807, 2.05) is 0 Å². The summed E-state index contributed by atoms with van der Waals surface area (Å²) in [6.45, 7) is 4.12. The summed E-state index contributed by atoms with van der Waals surface area (Å²) in [5.74, 6) is -1.08. The Morgan fingerprint density at radius 1 is 1.36 bits per heavy atom. The van der Waals surface area contributed by atoms with Gasteiger partial charge in [0.1, 0.15) is 0 Å². The number of hydrogen-bond acceptors (Lipinski definition) is 3. The molecule has 0 rings (SSSR count). The van der Waals surface area contributed by atoms with Crippen LogP contribution >= 0.6 is 0 Å². The summed E-state index contributed by atoms with van der Waals surface area (Å²) in [4.78, 5) is 10.2. The van der Waals surface area contributed by atoms with Gasteiger partial charge < -0.3 is 14.6 Å². The molecule has 0 heterocycles. The van der Waals surface area contributed by atoms with E-state index < -0.39 is 12.3 Å². The van der Waals surface area contributed by atoms with Gasteiger partial charge >= 0.3 is 5.97 Å². The molecule has 0 atom stereocenters. The number of rotatable bonds is 5. The third-order valence-corrected chi connectivity index (χ3v) is 0.838. The van der Waals surface area contributed by atoms with Crippen LogP contribution in [-0.2, 0) is 40.5 Å². The summed E-state index contributed by atoms with van der Waals surface area (Å²) < 4.78 is 9.44. The van der Waals surface area contributed by atoms with E-state index in [0.717, 1.165) is 0 Å². The second-order valence-electron chi connectivity index (χ2n) is 1.58. The monoisotopic (exact) mass is 238 g/mol. The fraction of sp³-hybridized carbons (Fsp3) is 0.833. The second kappa shape index (κ2) is 8.37. The van der Waals surface area contributed by atoms with Crippen molar-refractivity contribution in [3.05, 3.63) is 0 Å². The zero-order valence-electron chi connectivity index (χ0n) is 6.66. The Labute approximate surface area is 85.0 Å². The minimum atomic E-state index is -1.10. The predicted octanol–water partition coefficient (Wildman–Crippen LogP) is 0.468. The Kier molecular flexibility index (Phi) is 10.5. The first kappa shape index (κ1) is 13.8. The van der Waals surface area contributed by atoms with Gasteiger partial charge in [0.2, 0.25) is 0 Å². The van der Waals surface area contributed by atoms with Gasteiger partial charge in [-0.3, -0.25) is 0 Å². The Morgan fingerprint density at radius 2 is 1.73 bits per heavy atom. The van der Waals surface area contributed by atoms with Gasteiger partial charge in [-0.2, -0.15) is 0 Å². The zero-order chi connectivity index (χ0) is 7.98. The van der Waals surface area contributed by atoms with E-state index in [1.54, 1.807) is 13.8 Å². The number of aliphatic carboxylic acids is 1. The maximum Gasteiger partial charge on any atom is 0.361 e. The maximum atomic E-state index is 10.2. The molecule has 0 bridgehead atoms. The topological polar surface area (TPSA) is 55.8 Å². The maximum absolute atomic E-state index is 10.2. The molecule has 0 aromatic carbocycles. The van der Waals surface area contributed by atoms with E-state index in [9.17, 15) is 4.79 Å². The van der Waals surface area contributed by atoms with Crippen LogP contribution in [-0.4, -0.2) is 30.6 Å². The van der Waals surface area contributed by atoms with Gasteiger partial charge in [0.15, 0.2) is 0 Å². The molecule has 5 heteroatoms. The van der Waals surface area contributed by atoms with Crippen LogP contribution in [0, 0.1) is 0 Å². The average molecular weight is 239 g/mol. The molecular formula is C6H12O4Zr. The predicted molar refractivity (Wildman–Crippen MR) is 34.7 cm³/mol. The first-order valence-electron chi connectivity index (χ1n) is 3.18. The van der Waals surface area contributed by atoms with Crippen molar-refractivity contribution >= 4 is 5.97 Å².